The second-order valence-electron chi connectivity index (χ2n) is 11.3. The molecule has 31 heavy (non-hydrogen) atoms. The van der Waals surface area contributed by atoms with Crippen molar-refractivity contribution in [1.82, 2.24) is 5.32 Å². The lowest BCUT2D eigenvalue weighted by atomic mass is 9.42. The molecule has 0 aromatic rings. The number of rotatable bonds is 4. The fourth-order valence-electron chi connectivity index (χ4n) is 8.43. The van der Waals surface area contributed by atoms with Gasteiger partial charge in [0.15, 0.2) is 0 Å². The van der Waals surface area contributed by atoms with Crippen molar-refractivity contribution >= 4 is 5.71 Å². The number of nitrogens with zero attached hydrogens (tertiary/aromatic N) is 1. The van der Waals surface area contributed by atoms with E-state index in [0.717, 1.165) is 63.7 Å². The molecular weight excluding hydrogens is 392 g/mol. The molecule has 4 saturated carbocycles. The van der Waals surface area contributed by atoms with Gasteiger partial charge in [0.2, 0.25) is 0 Å². The van der Waals surface area contributed by atoms with Gasteiger partial charge in [0.1, 0.15) is 6.10 Å². The summed E-state index contributed by atoms with van der Waals surface area (Å²) in [6.07, 6.45) is 7.25. The highest BCUT2D eigenvalue weighted by Crippen LogP contribution is 2.67. The minimum absolute atomic E-state index is 0.0398. The average molecular weight is 433 g/mol. The van der Waals surface area contributed by atoms with E-state index in [1.807, 2.05) is 0 Å². The van der Waals surface area contributed by atoms with Crippen LogP contribution in [0, 0.1) is 40.4 Å². The normalized spacial score (nSPS) is 50.8. The Kier molecular flexibility index (Phi) is 5.73. The Labute approximate surface area is 186 Å². The average Bonchev–Trinajstić information content (AvgIpc) is 3.40. The molecule has 0 aromatic heterocycles. The summed E-state index contributed by atoms with van der Waals surface area (Å²) < 4.78 is 0. The Bertz CT molecular complexity index is 735. The van der Waals surface area contributed by atoms with E-state index in [9.17, 15) is 15.3 Å². The zero-order chi connectivity index (χ0) is 21.8. The van der Waals surface area contributed by atoms with Gasteiger partial charge < -0.3 is 25.5 Å². The molecule has 5 aliphatic rings. The molecular formula is C25H40N2O4. The van der Waals surface area contributed by atoms with Gasteiger partial charge in [-0.25, -0.2) is 0 Å². The molecule has 6 nitrogen and oxygen atoms in total. The number of aliphatic hydroxyl groups excluding tert-OH is 3. The van der Waals surface area contributed by atoms with Crippen molar-refractivity contribution in [2.24, 2.45) is 45.6 Å². The summed E-state index contributed by atoms with van der Waals surface area (Å²) in [4.78, 5) is 5.80. The highest BCUT2D eigenvalue weighted by molar-refractivity contribution is 5.85. The Morgan fingerprint density at radius 2 is 1.97 bits per heavy atom. The first-order valence-electron chi connectivity index (χ1n) is 12.4. The van der Waals surface area contributed by atoms with Crippen molar-refractivity contribution in [1.29, 1.82) is 0 Å². The molecule has 6 heteroatoms. The molecule has 174 valence electrons. The minimum atomic E-state index is -0.533. The van der Waals surface area contributed by atoms with Crippen molar-refractivity contribution in [3.8, 4) is 0 Å². The molecule has 1 aliphatic heterocycles. The van der Waals surface area contributed by atoms with Crippen molar-refractivity contribution in [3.63, 3.8) is 0 Å². The molecule has 0 radical (unpaired) electrons. The second kappa shape index (κ2) is 8.12. The summed E-state index contributed by atoms with van der Waals surface area (Å²) in [5.74, 6) is 0.665. The van der Waals surface area contributed by atoms with Crippen molar-refractivity contribution in [2.45, 2.75) is 70.5 Å². The van der Waals surface area contributed by atoms with Gasteiger partial charge in [-0.3, -0.25) is 0 Å². The lowest BCUT2D eigenvalue weighted by Gasteiger charge is -2.64. The molecule has 0 aromatic carbocycles. The van der Waals surface area contributed by atoms with Gasteiger partial charge in [0, 0.05) is 37.5 Å². The molecule has 4 aliphatic carbocycles. The van der Waals surface area contributed by atoms with Crippen LogP contribution >= 0.6 is 0 Å². The Morgan fingerprint density at radius 3 is 2.68 bits per heavy atom. The first-order chi connectivity index (χ1) is 14.9. The number of hydrogen-bond donors (Lipinski definition) is 4. The highest BCUT2D eigenvalue weighted by atomic mass is 16.6. The summed E-state index contributed by atoms with van der Waals surface area (Å²) in [5, 5.41) is 40.6. The monoisotopic (exact) mass is 432 g/mol. The largest absolute Gasteiger partial charge is 0.396 e. The van der Waals surface area contributed by atoms with Crippen LogP contribution in [0.25, 0.3) is 0 Å². The Balaban J connectivity index is 1.44. The Morgan fingerprint density at radius 1 is 1.13 bits per heavy atom. The number of aliphatic hydroxyl groups is 3. The summed E-state index contributed by atoms with van der Waals surface area (Å²) in [6.45, 7) is 8.62. The molecule has 4 N–H and O–H groups in total. The SMILES string of the molecule is C=C1CCC2C3C(CC[C@]12C)[C@@]1(CO)CCC(=NOC2CCNC2)CC1[C@@H](CO)[C@H]3O. The quantitative estimate of drug-likeness (QED) is 0.404. The van der Waals surface area contributed by atoms with Crippen LogP contribution in [0.15, 0.2) is 17.3 Å². The molecule has 0 spiro atoms. The Hall–Kier alpha value is -0.950. The fourth-order valence-corrected chi connectivity index (χ4v) is 8.43. The van der Waals surface area contributed by atoms with E-state index in [1.54, 1.807) is 0 Å². The predicted molar refractivity (Wildman–Crippen MR) is 119 cm³/mol. The molecule has 5 unspecified atom stereocenters. The van der Waals surface area contributed by atoms with Gasteiger partial charge in [0.05, 0.1) is 11.8 Å². The van der Waals surface area contributed by atoms with Crippen LogP contribution in [0.1, 0.15) is 58.3 Å². The summed E-state index contributed by atoms with van der Waals surface area (Å²) in [6, 6.07) is 0. The molecule has 5 rings (SSSR count). The number of allylic oxidation sites excluding steroid dienone is 1. The maximum absolute atomic E-state index is 11.6. The lowest BCUT2D eigenvalue weighted by molar-refractivity contribution is -0.202. The predicted octanol–water partition coefficient (Wildman–Crippen LogP) is 2.48. The fraction of sp³-hybridized carbons (Fsp3) is 0.880. The maximum Gasteiger partial charge on any atom is 0.141 e. The maximum atomic E-state index is 11.6. The first-order valence-corrected chi connectivity index (χ1v) is 12.4. The minimum Gasteiger partial charge on any atom is -0.396 e. The van der Waals surface area contributed by atoms with Crippen LogP contribution < -0.4 is 5.32 Å². The lowest BCUT2D eigenvalue weighted by Crippen LogP contribution is -2.64. The molecule has 1 heterocycles. The van der Waals surface area contributed by atoms with Gasteiger partial charge >= 0.3 is 0 Å². The van der Waals surface area contributed by atoms with Gasteiger partial charge in [-0.2, -0.15) is 0 Å². The van der Waals surface area contributed by atoms with Crippen LogP contribution in [-0.2, 0) is 4.84 Å². The summed E-state index contributed by atoms with van der Waals surface area (Å²) >= 11 is 0. The van der Waals surface area contributed by atoms with E-state index in [0.29, 0.717) is 18.3 Å². The third-order valence-electron chi connectivity index (χ3n) is 10.3. The van der Waals surface area contributed by atoms with Crippen molar-refractivity contribution in [3.05, 3.63) is 12.2 Å². The van der Waals surface area contributed by atoms with E-state index in [4.69, 9.17) is 4.84 Å². The van der Waals surface area contributed by atoms with E-state index >= 15 is 0 Å². The second-order valence-corrected chi connectivity index (χ2v) is 11.3. The van der Waals surface area contributed by atoms with Crippen LogP contribution in [0.5, 0.6) is 0 Å². The topological polar surface area (TPSA) is 94.3 Å². The molecule has 5 fully saturated rings. The van der Waals surface area contributed by atoms with Crippen LogP contribution in [0.3, 0.4) is 0 Å². The number of fused-ring (bicyclic) bond motifs is 5. The highest BCUT2D eigenvalue weighted by Gasteiger charge is 2.65. The summed E-state index contributed by atoms with van der Waals surface area (Å²) in [5.41, 5.74) is 2.22. The third-order valence-corrected chi connectivity index (χ3v) is 10.3. The van der Waals surface area contributed by atoms with E-state index < -0.39 is 6.10 Å². The molecule has 9 atom stereocenters. The zero-order valence-corrected chi connectivity index (χ0v) is 18.9. The third kappa shape index (κ3) is 3.24. The molecule has 0 bridgehead atoms. The van der Waals surface area contributed by atoms with Crippen LogP contribution in [-0.4, -0.2) is 59.5 Å². The van der Waals surface area contributed by atoms with Gasteiger partial charge in [-0.05, 0) is 80.6 Å². The van der Waals surface area contributed by atoms with Crippen molar-refractivity contribution in [2.75, 3.05) is 26.3 Å². The van der Waals surface area contributed by atoms with Gasteiger partial charge in [-0.1, -0.05) is 24.2 Å². The van der Waals surface area contributed by atoms with E-state index in [1.165, 1.54) is 5.57 Å². The first kappa shape index (κ1) is 21.9. The van der Waals surface area contributed by atoms with E-state index in [-0.39, 0.29) is 47.9 Å². The van der Waals surface area contributed by atoms with Gasteiger partial charge in [-0.15, -0.1) is 0 Å². The van der Waals surface area contributed by atoms with E-state index in [2.05, 4.69) is 24.0 Å². The molecule has 0 amide bonds. The van der Waals surface area contributed by atoms with Gasteiger partial charge in [0.25, 0.3) is 0 Å². The van der Waals surface area contributed by atoms with Crippen LogP contribution in [0.4, 0.5) is 0 Å². The number of nitrogens with one attached hydrogen (secondary N) is 1. The van der Waals surface area contributed by atoms with Crippen LogP contribution in [0.2, 0.25) is 0 Å². The number of oxime groups is 1. The van der Waals surface area contributed by atoms with Crippen molar-refractivity contribution < 1.29 is 20.2 Å². The summed E-state index contributed by atoms with van der Waals surface area (Å²) in [7, 11) is 0. The zero-order valence-electron chi connectivity index (χ0n) is 18.9. The number of hydrogen-bond acceptors (Lipinski definition) is 6. The standard InChI is InChI=1S/C25H40N2O4/c1-15-3-4-19-22-20(6-8-24(15,19)2)25(14-29)9-5-16(27-31-17-7-10-26-12-17)11-21(25)18(13-28)23(22)30/h17-23,26,28-30H,1,3-14H2,2H3/t17?,18-,19?,20?,21?,22?,23-,24-,25+/m1/s1. The smallest absolute Gasteiger partial charge is 0.141 e. The molecule has 1 saturated heterocycles.